The van der Waals surface area contributed by atoms with E-state index in [1.807, 2.05) is 18.2 Å². The number of hydrogen-bond donors (Lipinski definition) is 1. The monoisotopic (exact) mass is 247 g/mol. The maximum Gasteiger partial charge on any atom is 0.0650 e. The van der Waals surface area contributed by atoms with Crippen LogP contribution in [0, 0.1) is 5.92 Å². The van der Waals surface area contributed by atoms with Crippen molar-refractivity contribution >= 4 is 6.08 Å². The molecule has 0 saturated carbocycles. The van der Waals surface area contributed by atoms with Gasteiger partial charge in [0.15, 0.2) is 0 Å². The van der Waals surface area contributed by atoms with E-state index < -0.39 is 0 Å². The average molecular weight is 247 g/mol. The summed E-state index contributed by atoms with van der Waals surface area (Å²) in [6, 6.07) is 10.3. The maximum atomic E-state index is 5.54. The van der Waals surface area contributed by atoms with Gasteiger partial charge in [0.05, 0.1) is 6.61 Å². The van der Waals surface area contributed by atoms with Crippen LogP contribution in [0.1, 0.15) is 25.8 Å². The van der Waals surface area contributed by atoms with Gasteiger partial charge in [0.2, 0.25) is 0 Å². The zero-order valence-electron chi connectivity index (χ0n) is 11.6. The Morgan fingerprint density at radius 2 is 2.00 bits per heavy atom. The molecule has 1 aromatic rings. The van der Waals surface area contributed by atoms with E-state index in [9.17, 15) is 0 Å². The van der Waals surface area contributed by atoms with Crippen molar-refractivity contribution in [2.45, 2.75) is 20.3 Å². The van der Waals surface area contributed by atoms with Gasteiger partial charge in [0.1, 0.15) is 0 Å². The van der Waals surface area contributed by atoms with Crippen LogP contribution in [0.25, 0.3) is 6.08 Å². The third kappa shape index (κ3) is 8.04. The molecular formula is C16H25NO. The lowest BCUT2D eigenvalue weighted by atomic mass is 10.2. The summed E-state index contributed by atoms with van der Waals surface area (Å²) in [4.78, 5) is 0. The molecule has 1 N–H and O–H groups in total. The van der Waals surface area contributed by atoms with Crippen molar-refractivity contribution < 1.29 is 4.74 Å². The van der Waals surface area contributed by atoms with Gasteiger partial charge >= 0.3 is 0 Å². The van der Waals surface area contributed by atoms with Crippen molar-refractivity contribution in [3.05, 3.63) is 42.0 Å². The van der Waals surface area contributed by atoms with Crippen LogP contribution in [-0.2, 0) is 4.74 Å². The molecule has 18 heavy (non-hydrogen) atoms. The van der Waals surface area contributed by atoms with Gasteiger partial charge in [0, 0.05) is 6.61 Å². The molecule has 1 aromatic carbocycles. The third-order valence-corrected chi connectivity index (χ3v) is 2.52. The Morgan fingerprint density at radius 1 is 1.22 bits per heavy atom. The van der Waals surface area contributed by atoms with E-state index in [1.165, 1.54) is 5.56 Å². The number of nitrogens with one attached hydrogen (secondary N) is 1. The van der Waals surface area contributed by atoms with Crippen molar-refractivity contribution in [2.75, 3.05) is 26.3 Å². The lowest BCUT2D eigenvalue weighted by molar-refractivity contribution is 0.159. The second-order valence-electron chi connectivity index (χ2n) is 4.84. The van der Waals surface area contributed by atoms with Crippen molar-refractivity contribution in [1.82, 2.24) is 5.32 Å². The van der Waals surface area contributed by atoms with Gasteiger partial charge in [-0.25, -0.2) is 0 Å². The van der Waals surface area contributed by atoms with Gasteiger partial charge in [-0.1, -0.05) is 56.3 Å². The Bertz CT molecular complexity index is 319. The van der Waals surface area contributed by atoms with Gasteiger partial charge in [0.25, 0.3) is 0 Å². The smallest absolute Gasteiger partial charge is 0.0650 e. The molecule has 100 valence electrons. The molecule has 1 rings (SSSR count). The Hall–Kier alpha value is -1.12. The summed E-state index contributed by atoms with van der Waals surface area (Å²) in [5.74, 6) is 0.722. The molecule has 0 aliphatic carbocycles. The molecule has 0 aromatic heterocycles. The summed E-state index contributed by atoms with van der Waals surface area (Å²) in [6.45, 7) is 8.09. The minimum absolute atomic E-state index is 0.694. The van der Waals surface area contributed by atoms with E-state index in [4.69, 9.17) is 4.74 Å². The van der Waals surface area contributed by atoms with Crippen LogP contribution in [0.2, 0.25) is 0 Å². The quantitative estimate of drug-likeness (QED) is 0.676. The Kier molecular flexibility index (Phi) is 8.19. The fourth-order valence-corrected chi connectivity index (χ4v) is 1.59. The number of rotatable bonds is 9. The fourth-order valence-electron chi connectivity index (χ4n) is 1.59. The topological polar surface area (TPSA) is 21.3 Å². The normalized spacial score (nSPS) is 11.5. The van der Waals surface area contributed by atoms with Crippen molar-refractivity contribution in [3.63, 3.8) is 0 Å². The standard InChI is InChI=1S/C16H25NO/c1-15(2)14-17-11-7-13-18-12-6-10-16-8-4-3-5-9-16/h3-6,8-10,15,17H,7,11-14H2,1-2H3. The van der Waals surface area contributed by atoms with Gasteiger partial charge in [-0.05, 0) is 31.0 Å². The predicted octanol–water partition coefficient (Wildman–Crippen LogP) is 3.35. The molecule has 0 fully saturated rings. The van der Waals surface area contributed by atoms with E-state index in [0.717, 1.165) is 32.0 Å². The van der Waals surface area contributed by atoms with Crippen molar-refractivity contribution in [1.29, 1.82) is 0 Å². The number of ether oxygens (including phenoxy) is 1. The van der Waals surface area contributed by atoms with Crippen LogP contribution >= 0.6 is 0 Å². The Morgan fingerprint density at radius 3 is 2.72 bits per heavy atom. The first-order valence-corrected chi connectivity index (χ1v) is 6.79. The molecular weight excluding hydrogens is 222 g/mol. The molecule has 0 amide bonds. The highest BCUT2D eigenvalue weighted by Crippen LogP contribution is 2.00. The first-order chi connectivity index (χ1) is 8.79. The molecule has 0 spiro atoms. The van der Waals surface area contributed by atoms with E-state index in [2.05, 4.69) is 43.4 Å². The SMILES string of the molecule is CC(C)CNCCCOCC=Cc1ccccc1. The highest BCUT2D eigenvalue weighted by Gasteiger charge is 1.92. The largest absolute Gasteiger partial charge is 0.377 e. The molecule has 0 unspecified atom stereocenters. The van der Waals surface area contributed by atoms with Crippen LogP contribution in [-0.4, -0.2) is 26.3 Å². The molecule has 0 aliphatic heterocycles. The van der Waals surface area contributed by atoms with Crippen LogP contribution < -0.4 is 5.32 Å². The molecule has 0 saturated heterocycles. The zero-order valence-corrected chi connectivity index (χ0v) is 11.6. The number of benzene rings is 1. The molecule has 2 heteroatoms. The first-order valence-electron chi connectivity index (χ1n) is 6.79. The fraction of sp³-hybridized carbons (Fsp3) is 0.500. The van der Waals surface area contributed by atoms with E-state index in [0.29, 0.717) is 6.61 Å². The second-order valence-corrected chi connectivity index (χ2v) is 4.84. The molecule has 0 atom stereocenters. The van der Waals surface area contributed by atoms with E-state index >= 15 is 0 Å². The highest BCUT2D eigenvalue weighted by atomic mass is 16.5. The van der Waals surface area contributed by atoms with Crippen LogP contribution in [0.5, 0.6) is 0 Å². The first kappa shape index (κ1) is 14.9. The molecule has 0 heterocycles. The van der Waals surface area contributed by atoms with Crippen molar-refractivity contribution in [3.8, 4) is 0 Å². The number of hydrogen-bond acceptors (Lipinski definition) is 2. The minimum atomic E-state index is 0.694. The summed E-state index contributed by atoms with van der Waals surface area (Å²) < 4.78 is 5.54. The minimum Gasteiger partial charge on any atom is -0.377 e. The lowest BCUT2D eigenvalue weighted by Crippen LogP contribution is -2.21. The summed E-state index contributed by atoms with van der Waals surface area (Å²) in [7, 11) is 0. The van der Waals surface area contributed by atoms with Gasteiger partial charge in [-0.15, -0.1) is 0 Å². The lowest BCUT2D eigenvalue weighted by Gasteiger charge is -2.06. The Balaban J connectivity index is 1.94. The molecule has 0 radical (unpaired) electrons. The summed E-state index contributed by atoms with van der Waals surface area (Å²) in [6.07, 6.45) is 5.24. The second kappa shape index (κ2) is 9.86. The molecule has 0 aliphatic rings. The van der Waals surface area contributed by atoms with Crippen LogP contribution in [0.4, 0.5) is 0 Å². The third-order valence-electron chi connectivity index (χ3n) is 2.52. The average Bonchev–Trinajstić information content (AvgIpc) is 2.37. The molecule has 0 bridgehead atoms. The van der Waals surface area contributed by atoms with Gasteiger partial charge in [-0.2, -0.15) is 0 Å². The highest BCUT2D eigenvalue weighted by molar-refractivity contribution is 5.48. The van der Waals surface area contributed by atoms with E-state index in [-0.39, 0.29) is 0 Å². The zero-order chi connectivity index (χ0) is 13.1. The Labute approximate surface area is 111 Å². The maximum absolute atomic E-state index is 5.54. The van der Waals surface area contributed by atoms with Crippen LogP contribution in [0.15, 0.2) is 36.4 Å². The van der Waals surface area contributed by atoms with Gasteiger partial charge < -0.3 is 10.1 Å². The van der Waals surface area contributed by atoms with E-state index in [1.54, 1.807) is 0 Å². The molecule has 2 nitrogen and oxygen atoms in total. The summed E-state index contributed by atoms with van der Waals surface area (Å²) in [5, 5.41) is 3.40. The predicted molar refractivity (Wildman–Crippen MR) is 78.6 cm³/mol. The van der Waals surface area contributed by atoms with Gasteiger partial charge in [-0.3, -0.25) is 0 Å². The van der Waals surface area contributed by atoms with Crippen molar-refractivity contribution in [2.24, 2.45) is 5.92 Å². The summed E-state index contributed by atoms with van der Waals surface area (Å²) >= 11 is 0. The van der Waals surface area contributed by atoms with Crippen LogP contribution in [0.3, 0.4) is 0 Å². The summed E-state index contributed by atoms with van der Waals surface area (Å²) in [5.41, 5.74) is 1.22.